The average Bonchev–Trinajstić information content (AvgIpc) is 3.23. The molecule has 0 saturated heterocycles. The zero-order valence-electron chi connectivity index (χ0n) is 18.6. The van der Waals surface area contributed by atoms with Crippen molar-refractivity contribution < 1.29 is 32.6 Å². The number of methoxy groups -OCH3 is 1. The first-order valence-electron chi connectivity index (χ1n) is 10.7. The fraction of sp³-hybridized carbons (Fsp3) is 0.250. The molecule has 0 atom stereocenters. The summed E-state index contributed by atoms with van der Waals surface area (Å²) in [7, 11) is 1.66. The van der Waals surface area contributed by atoms with Gasteiger partial charge in [-0.3, -0.25) is 14.5 Å². The van der Waals surface area contributed by atoms with Crippen LogP contribution >= 0.6 is 0 Å². The van der Waals surface area contributed by atoms with Crippen molar-refractivity contribution in [3.05, 3.63) is 64.6 Å². The van der Waals surface area contributed by atoms with Gasteiger partial charge in [0, 0.05) is 23.9 Å². The summed E-state index contributed by atoms with van der Waals surface area (Å²) >= 11 is 0. The summed E-state index contributed by atoms with van der Waals surface area (Å²) in [5, 5.41) is 14.8. The molecule has 1 aromatic carbocycles. The first-order valence-corrected chi connectivity index (χ1v) is 10.7. The molecule has 182 valence electrons. The number of fused-ring (bicyclic) bond motifs is 5. The number of hydrogen-bond acceptors (Lipinski definition) is 5. The fourth-order valence-electron chi connectivity index (χ4n) is 3.89. The Kier molecular flexibility index (Phi) is 6.59. The molecule has 0 bridgehead atoms. The number of halogens is 3. The Hall–Kier alpha value is -4.15. The van der Waals surface area contributed by atoms with Gasteiger partial charge in [0.15, 0.2) is 0 Å². The van der Waals surface area contributed by atoms with Crippen molar-refractivity contribution in [3.8, 4) is 17.0 Å². The Morgan fingerprint density at radius 2 is 1.91 bits per heavy atom. The second-order valence-electron chi connectivity index (χ2n) is 7.83. The summed E-state index contributed by atoms with van der Waals surface area (Å²) in [6.07, 6.45) is 2.59. The van der Waals surface area contributed by atoms with E-state index in [9.17, 15) is 18.0 Å². The molecule has 1 amide bonds. The number of hydrogen-bond donors (Lipinski definition) is 2. The number of rotatable bonds is 3. The maximum absolute atomic E-state index is 12.3. The quantitative estimate of drug-likeness (QED) is 0.586. The highest BCUT2D eigenvalue weighted by Gasteiger charge is 2.38. The van der Waals surface area contributed by atoms with Gasteiger partial charge in [-0.05, 0) is 48.2 Å². The van der Waals surface area contributed by atoms with Crippen LogP contribution in [0, 0.1) is 0 Å². The molecule has 3 aromatic rings. The molecule has 2 aliphatic rings. The molecule has 0 spiro atoms. The van der Waals surface area contributed by atoms with E-state index in [0.29, 0.717) is 6.54 Å². The Morgan fingerprint density at radius 3 is 2.57 bits per heavy atom. The average molecular weight is 486 g/mol. The summed E-state index contributed by atoms with van der Waals surface area (Å²) in [4.78, 5) is 25.8. The van der Waals surface area contributed by atoms with Gasteiger partial charge >= 0.3 is 12.1 Å². The summed E-state index contributed by atoms with van der Waals surface area (Å²) in [6, 6.07) is 9.96. The molecule has 5 rings (SSSR count). The van der Waals surface area contributed by atoms with Crippen molar-refractivity contribution in [3.63, 3.8) is 0 Å². The summed E-state index contributed by atoms with van der Waals surface area (Å²) in [5.41, 5.74) is 6.92. The summed E-state index contributed by atoms with van der Waals surface area (Å²) < 4.78 is 38.8. The van der Waals surface area contributed by atoms with Crippen molar-refractivity contribution >= 4 is 24.0 Å². The highest BCUT2D eigenvalue weighted by molar-refractivity contribution is 5.97. The molecular weight excluding hydrogens is 465 g/mol. The molecule has 0 fully saturated rings. The number of carboxylic acid groups (broad SMARTS) is 1. The number of carboxylic acids is 1. The van der Waals surface area contributed by atoms with E-state index in [-0.39, 0.29) is 5.91 Å². The van der Waals surface area contributed by atoms with Crippen LogP contribution in [0.2, 0.25) is 0 Å². The van der Waals surface area contributed by atoms with Gasteiger partial charge in [0.2, 0.25) is 0 Å². The number of aryl methyl sites for hydroxylation is 1. The standard InChI is InChI=1S/C22H20N4O2.C2HF3O2/c1-28-17-7-3-14(4-8-17)2-6-16-12-19-15(13-24-16)5-9-18-20(19)25-26-11-10-23-22(27)21(18)26;3-2(4,5)1(6)7/h2-4,6-8,12-13H,5,9-11H2,1H3,(H,23,27);(H,6,7). The van der Waals surface area contributed by atoms with E-state index in [2.05, 4.69) is 16.4 Å². The van der Waals surface area contributed by atoms with Crippen LogP contribution in [0.5, 0.6) is 5.75 Å². The van der Waals surface area contributed by atoms with Crippen LogP contribution in [0.3, 0.4) is 0 Å². The van der Waals surface area contributed by atoms with Gasteiger partial charge in [-0.2, -0.15) is 18.3 Å². The lowest BCUT2D eigenvalue weighted by Crippen LogP contribution is -2.36. The summed E-state index contributed by atoms with van der Waals surface area (Å²) in [6.45, 7) is 1.35. The Labute approximate surface area is 198 Å². The zero-order valence-corrected chi connectivity index (χ0v) is 18.6. The number of carbonyl (C=O) groups is 2. The fourth-order valence-corrected chi connectivity index (χ4v) is 3.89. The van der Waals surface area contributed by atoms with Gasteiger partial charge in [-0.1, -0.05) is 18.2 Å². The minimum Gasteiger partial charge on any atom is -0.497 e. The van der Waals surface area contributed by atoms with Crippen molar-refractivity contribution in [2.24, 2.45) is 0 Å². The van der Waals surface area contributed by atoms with Gasteiger partial charge in [-0.25, -0.2) is 4.79 Å². The third-order valence-electron chi connectivity index (χ3n) is 5.59. The lowest BCUT2D eigenvalue weighted by Gasteiger charge is -2.17. The molecule has 35 heavy (non-hydrogen) atoms. The summed E-state index contributed by atoms with van der Waals surface area (Å²) in [5.74, 6) is -1.94. The number of amides is 1. The maximum atomic E-state index is 12.3. The normalized spacial score (nSPS) is 14.2. The van der Waals surface area contributed by atoms with Crippen LogP contribution in [0.1, 0.15) is 32.9 Å². The number of nitrogens with zero attached hydrogens (tertiary/aromatic N) is 3. The molecule has 0 saturated carbocycles. The second kappa shape index (κ2) is 9.61. The van der Waals surface area contributed by atoms with Crippen molar-refractivity contribution in [2.75, 3.05) is 13.7 Å². The second-order valence-corrected chi connectivity index (χ2v) is 7.83. The monoisotopic (exact) mass is 486 g/mol. The topological polar surface area (TPSA) is 106 Å². The van der Waals surface area contributed by atoms with Crippen molar-refractivity contribution in [2.45, 2.75) is 25.6 Å². The predicted molar refractivity (Wildman–Crippen MR) is 121 cm³/mol. The van der Waals surface area contributed by atoms with Crippen molar-refractivity contribution in [1.82, 2.24) is 20.1 Å². The molecule has 8 nitrogen and oxygen atoms in total. The van der Waals surface area contributed by atoms with E-state index in [4.69, 9.17) is 19.7 Å². The van der Waals surface area contributed by atoms with Crippen LogP contribution in [-0.2, 0) is 24.2 Å². The Balaban J connectivity index is 0.000000364. The highest BCUT2D eigenvalue weighted by atomic mass is 19.4. The number of aromatic nitrogens is 3. The number of nitrogens with one attached hydrogen (secondary N) is 1. The minimum atomic E-state index is -5.08. The largest absolute Gasteiger partial charge is 0.497 e. The van der Waals surface area contributed by atoms with Crippen LogP contribution in [0.4, 0.5) is 13.2 Å². The lowest BCUT2D eigenvalue weighted by molar-refractivity contribution is -0.192. The lowest BCUT2D eigenvalue weighted by atomic mass is 9.89. The number of ether oxygens (including phenoxy) is 1. The van der Waals surface area contributed by atoms with Crippen LogP contribution in [-0.4, -0.2) is 51.6 Å². The Bertz CT molecular complexity index is 1300. The van der Waals surface area contributed by atoms with Crippen LogP contribution < -0.4 is 10.1 Å². The van der Waals surface area contributed by atoms with Crippen LogP contribution in [0.15, 0.2) is 36.5 Å². The SMILES string of the molecule is COc1ccc(C=Cc2cc3c(cn2)CCc2c-3nn3c2C(=O)NCC3)cc1.O=C(O)C(F)(F)F. The highest BCUT2D eigenvalue weighted by Crippen LogP contribution is 2.35. The van der Waals surface area contributed by atoms with E-state index in [1.165, 1.54) is 5.56 Å². The van der Waals surface area contributed by atoms with E-state index >= 15 is 0 Å². The van der Waals surface area contributed by atoms with Gasteiger partial charge in [-0.15, -0.1) is 0 Å². The molecule has 1 aliphatic carbocycles. The molecule has 2 aromatic heterocycles. The molecule has 0 unspecified atom stereocenters. The van der Waals surface area contributed by atoms with Gasteiger partial charge in [0.1, 0.15) is 11.4 Å². The van der Waals surface area contributed by atoms with Crippen molar-refractivity contribution in [1.29, 1.82) is 0 Å². The zero-order chi connectivity index (χ0) is 25.2. The van der Waals surface area contributed by atoms with E-state index < -0.39 is 12.1 Å². The predicted octanol–water partition coefficient (Wildman–Crippen LogP) is 3.60. The third-order valence-corrected chi connectivity index (χ3v) is 5.59. The number of carbonyl (C=O) groups excluding carboxylic acids is 1. The number of benzene rings is 1. The molecule has 11 heteroatoms. The molecule has 0 radical (unpaired) electrons. The van der Waals surface area contributed by atoms with Gasteiger partial charge in [0.25, 0.3) is 5.91 Å². The smallest absolute Gasteiger partial charge is 0.490 e. The van der Waals surface area contributed by atoms with E-state index in [1.807, 2.05) is 47.3 Å². The minimum absolute atomic E-state index is 0.0165. The van der Waals surface area contributed by atoms with E-state index in [0.717, 1.165) is 58.9 Å². The van der Waals surface area contributed by atoms with Gasteiger partial charge < -0.3 is 15.2 Å². The van der Waals surface area contributed by atoms with Crippen LogP contribution in [0.25, 0.3) is 23.4 Å². The number of alkyl halides is 3. The number of aliphatic carboxylic acids is 1. The molecule has 2 N–H and O–H groups in total. The molecule has 1 aliphatic heterocycles. The molecular formula is C24H21F3N4O4. The van der Waals surface area contributed by atoms with E-state index in [1.54, 1.807) is 7.11 Å². The Morgan fingerprint density at radius 1 is 1.20 bits per heavy atom. The van der Waals surface area contributed by atoms with Gasteiger partial charge in [0.05, 0.1) is 25.0 Å². The number of pyridine rings is 1. The first-order chi connectivity index (χ1) is 16.7. The third kappa shape index (κ3) is 5.18. The maximum Gasteiger partial charge on any atom is 0.490 e. The first kappa shape index (κ1) is 24.0. The molecule has 3 heterocycles.